The first-order valence-electron chi connectivity index (χ1n) is 9.88. The van der Waals surface area contributed by atoms with Crippen molar-refractivity contribution in [1.82, 2.24) is 15.9 Å². The molecule has 1 atom stereocenters. The quantitative estimate of drug-likeness (QED) is 0.551. The van der Waals surface area contributed by atoms with E-state index in [1.165, 1.54) is 0 Å². The van der Waals surface area contributed by atoms with E-state index in [1.807, 2.05) is 23.6 Å². The molecule has 0 aromatic heterocycles. The number of rotatable bonds is 2. The first-order valence-corrected chi connectivity index (χ1v) is 9.88. The van der Waals surface area contributed by atoms with Crippen LogP contribution in [0.2, 0.25) is 0 Å². The van der Waals surface area contributed by atoms with E-state index in [0.29, 0.717) is 54.1 Å². The smallest absolute Gasteiger partial charge is 0.381 e. The lowest BCUT2D eigenvalue weighted by Crippen LogP contribution is -2.41. The highest BCUT2D eigenvalue weighted by Crippen LogP contribution is 2.37. The van der Waals surface area contributed by atoms with Crippen LogP contribution in [0.25, 0.3) is 5.70 Å². The van der Waals surface area contributed by atoms with Gasteiger partial charge in [-0.15, -0.1) is 12.4 Å². The summed E-state index contributed by atoms with van der Waals surface area (Å²) in [5.41, 5.74) is 4.24. The van der Waals surface area contributed by atoms with Crippen molar-refractivity contribution in [3.05, 3.63) is 46.7 Å². The monoisotopic (exact) mass is 446 g/mol. The number of nitrogens with one attached hydrogen (secondary N) is 3. The Bertz CT molecular complexity index is 823. The van der Waals surface area contributed by atoms with Crippen LogP contribution in [-0.2, 0) is 11.3 Å². The van der Waals surface area contributed by atoms with Gasteiger partial charge < -0.3 is 15.4 Å². The second kappa shape index (κ2) is 9.47. The standard InChI is InChI=1S/C20H25F3N4O2.ClH/c21-20(22,23)18-10-13-3-2-8-29-12-14-9-15(25-16-4-1-7-24-11-16)5-6-17(14)19(13)27(28)26-18;/h5-6,9-10,16,24-26,28H,1-4,7-8,11-12H2;1H/t16-;/m1./s1. The molecule has 6 nitrogen and oxygen atoms in total. The van der Waals surface area contributed by atoms with Gasteiger partial charge in [-0.1, -0.05) is 6.07 Å². The maximum atomic E-state index is 13.2. The summed E-state index contributed by atoms with van der Waals surface area (Å²) < 4.78 is 45.3. The Morgan fingerprint density at radius 1 is 1.23 bits per heavy atom. The molecule has 0 spiro atoms. The number of anilines is 1. The molecule has 1 saturated heterocycles. The zero-order valence-corrected chi connectivity index (χ0v) is 17.2. The molecular formula is C20H26ClF3N4O2. The second-order valence-corrected chi connectivity index (χ2v) is 7.57. The van der Waals surface area contributed by atoms with Gasteiger partial charge in [0.25, 0.3) is 0 Å². The normalized spacial score (nSPS) is 22.3. The molecule has 0 amide bonds. The van der Waals surface area contributed by atoms with Crippen LogP contribution >= 0.6 is 12.4 Å². The van der Waals surface area contributed by atoms with Gasteiger partial charge in [0, 0.05) is 30.4 Å². The summed E-state index contributed by atoms with van der Waals surface area (Å²) in [6.45, 7) is 2.69. The maximum absolute atomic E-state index is 13.2. The van der Waals surface area contributed by atoms with Crippen LogP contribution in [0, 0.1) is 0 Å². The number of ether oxygens (including phenoxy) is 1. The molecule has 4 rings (SSSR count). The zero-order chi connectivity index (χ0) is 20.4. The van der Waals surface area contributed by atoms with Gasteiger partial charge in [-0.25, -0.2) is 0 Å². The van der Waals surface area contributed by atoms with E-state index >= 15 is 0 Å². The lowest BCUT2D eigenvalue weighted by atomic mass is 9.96. The number of nitrogens with zero attached hydrogens (tertiary/aromatic N) is 1. The van der Waals surface area contributed by atoms with Gasteiger partial charge in [0.05, 0.1) is 12.3 Å². The molecule has 0 bridgehead atoms. The average molecular weight is 447 g/mol. The van der Waals surface area contributed by atoms with Crippen LogP contribution in [0.3, 0.4) is 0 Å². The topological polar surface area (TPSA) is 68.8 Å². The van der Waals surface area contributed by atoms with Crippen molar-refractivity contribution >= 4 is 23.8 Å². The van der Waals surface area contributed by atoms with Crippen molar-refractivity contribution in [1.29, 1.82) is 0 Å². The van der Waals surface area contributed by atoms with E-state index in [4.69, 9.17) is 4.74 Å². The molecule has 3 aliphatic rings. The van der Waals surface area contributed by atoms with Crippen LogP contribution in [-0.4, -0.2) is 42.3 Å². The number of hydrogen-bond acceptors (Lipinski definition) is 6. The molecule has 0 radical (unpaired) electrons. The summed E-state index contributed by atoms with van der Waals surface area (Å²) in [5.74, 6) is 0. The number of hydroxylamine groups is 1. The predicted octanol–water partition coefficient (Wildman–Crippen LogP) is 3.95. The largest absolute Gasteiger partial charge is 0.432 e. The predicted molar refractivity (Wildman–Crippen MR) is 110 cm³/mol. The molecule has 3 heterocycles. The molecule has 4 N–H and O–H groups in total. The van der Waals surface area contributed by atoms with E-state index in [0.717, 1.165) is 43.3 Å². The number of hydrogen-bond donors (Lipinski definition) is 4. The Morgan fingerprint density at radius 3 is 2.80 bits per heavy atom. The summed E-state index contributed by atoms with van der Waals surface area (Å²) in [6, 6.07) is 6.01. The Labute approximate surface area is 179 Å². The fraction of sp³-hybridized carbons (Fsp3) is 0.500. The van der Waals surface area contributed by atoms with Gasteiger partial charge in [-0.3, -0.25) is 10.6 Å². The van der Waals surface area contributed by atoms with Crippen molar-refractivity contribution in [2.24, 2.45) is 0 Å². The summed E-state index contributed by atoms with van der Waals surface area (Å²) >= 11 is 0. The van der Waals surface area contributed by atoms with Crippen LogP contribution in [0.5, 0.6) is 0 Å². The lowest BCUT2D eigenvalue weighted by molar-refractivity contribution is -0.132. The minimum absolute atomic E-state index is 0. The number of allylic oxidation sites excluding steroid dienone is 3. The molecule has 10 heteroatoms. The highest BCUT2D eigenvalue weighted by atomic mass is 35.5. The lowest BCUT2D eigenvalue weighted by Gasteiger charge is -2.31. The number of fused-ring (bicyclic) bond motifs is 2. The minimum Gasteiger partial charge on any atom is -0.381 e. The third-order valence-electron chi connectivity index (χ3n) is 5.39. The first-order chi connectivity index (χ1) is 13.9. The van der Waals surface area contributed by atoms with E-state index in [1.54, 1.807) is 0 Å². The fourth-order valence-corrected chi connectivity index (χ4v) is 4.00. The first kappa shape index (κ1) is 22.7. The number of alkyl halides is 3. The van der Waals surface area contributed by atoms with Gasteiger partial charge in [0.2, 0.25) is 0 Å². The fourth-order valence-electron chi connectivity index (χ4n) is 4.00. The highest BCUT2D eigenvalue weighted by Gasteiger charge is 2.38. The van der Waals surface area contributed by atoms with Crippen molar-refractivity contribution < 1.29 is 23.1 Å². The van der Waals surface area contributed by atoms with Crippen molar-refractivity contribution in [2.45, 2.75) is 44.5 Å². The third-order valence-corrected chi connectivity index (χ3v) is 5.39. The molecule has 0 unspecified atom stereocenters. The van der Waals surface area contributed by atoms with Gasteiger partial charge in [0.1, 0.15) is 5.70 Å². The summed E-state index contributed by atoms with van der Waals surface area (Å²) in [6.07, 6.45) is -0.353. The molecule has 166 valence electrons. The second-order valence-electron chi connectivity index (χ2n) is 7.57. The van der Waals surface area contributed by atoms with Crippen molar-refractivity contribution in [2.75, 3.05) is 25.0 Å². The van der Waals surface area contributed by atoms with Crippen LogP contribution in [0.1, 0.15) is 36.8 Å². The summed E-state index contributed by atoms with van der Waals surface area (Å²) in [7, 11) is 0. The van der Waals surface area contributed by atoms with E-state index < -0.39 is 11.9 Å². The Balaban J connectivity index is 0.00000256. The van der Waals surface area contributed by atoms with Crippen LogP contribution in [0.15, 0.2) is 35.5 Å². The Morgan fingerprint density at radius 2 is 2.07 bits per heavy atom. The van der Waals surface area contributed by atoms with E-state index in [-0.39, 0.29) is 12.4 Å². The van der Waals surface area contributed by atoms with Gasteiger partial charge in [-0.2, -0.15) is 18.3 Å². The van der Waals surface area contributed by atoms with Gasteiger partial charge in [0.15, 0.2) is 0 Å². The highest BCUT2D eigenvalue weighted by molar-refractivity contribution is 5.85. The average Bonchev–Trinajstić information content (AvgIpc) is 2.76. The summed E-state index contributed by atoms with van der Waals surface area (Å²) in [5, 5.41) is 17.7. The van der Waals surface area contributed by atoms with E-state index in [2.05, 4.69) is 10.6 Å². The van der Waals surface area contributed by atoms with Gasteiger partial charge in [-0.05, 0) is 61.6 Å². The van der Waals surface area contributed by atoms with Crippen LogP contribution < -0.4 is 16.1 Å². The molecule has 1 fully saturated rings. The zero-order valence-electron chi connectivity index (χ0n) is 16.4. The molecular weight excluding hydrogens is 421 g/mol. The number of hydrazine groups is 1. The molecule has 0 saturated carbocycles. The molecule has 30 heavy (non-hydrogen) atoms. The number of benzene rings is 1. The maximum Gasteiger partial charge on any atom is 0.432 e. The van der Waals surface area contributed by atoms with Gasteiger partial charge >= 0.3 is 6.18 Å². The third kappa shape index (κ3) is 5.03. The van der Waals surface area contributed by atoms with E-state index in [9.17, 15) is 18.4 Å². The molecule has 3 aliphatic heterocycles. The molecule has 0 aliphatic carbocycles. The van der Waals surface area contributed by atoms with Crippen LogP contribution in [0.4, 0.5) is 18.9 Å². The Hall–Kier alpha value is -1.94. The molecule has 1 aromatic carbocycles. The minimum atomic E-state index is -4.57. The number of piperidine rings is 1. The SMILES string of the molecule is Cl.ON1NC(C(F)(F)F)=CC2=C1c1ccc(N[C@@H]3CCCNC3)cc1COCCC2. The Kier molecular flexibility index (Phi) is 7.18. The number of halogens is 4. The van der Waals surface area contributed by atoms with Crippen molar-refractivity contribution in [3.63, 3.8) is 0 Å². The summed E-state index contributed by atoms with van der Waals surface area (Å²) in [4.78, 5) is 0. The molecule has 1 aromatic rings. The van der Waals surface area contributed by atoms with Crippen molar-refractivity contribution in [3.8, 4) is 0 Å².